The van der Waals surface area contributed by atoms with Crippen molar-refractivity contribution < 1.29 is 4.52 Å². The van der Waals surface area contributed by atoms with Crippen LogP contribution in [0.2, 0.25) is 5.28 Å². The van der Waals surface area contributed by atoms with Crippen LogP contribution in [0.15, 0.2) is 17.0 Å². The van der Waals surface area contributed by atoms with Crippen LogP contribution < -0.4 is 5.32 Å². The van der Waals surface area contributed by atoms with Crippen molar-refractivity contribution in [2.75, 3.05) is 11.9 Å². The van der Waals surface area contributed by atoms with E-state index in [1.807, 2.05) is 13.0 Å². The summed E-state index contributed by atoms with van der Waals surface area (Å²) in [6, 6.07) is 1.82. The van der Waals surface area contributed by atoms with Gasteiger partial charge in [0.05, 0.1) is 0 Å². The Kier molecular flexibility index (Phi) is 3.31. The van der Waals surface area contributed by atoms with Crippen LogP contribution in [0.1, 0.15) is 11.5 Å². The Morgan fingerprint density at radius 2 is 2.31 bits per heavy atom. The average Bonchev–Trinajstić information content (AvgIpc) is 2.69. The first kappa shape index (κ1) is 10.8. The van der Waals surface area contributed by atoms with Gasteiger partial charge >= 0.3 is 0 Å². The highest BCUT2D eigenvalue weighted by atomic mass is 35.5. The van der Waals surface area contributed by atoms with Gasteiger partial charge in [0, 0.05) is 24.7 Å². The summed E-state index contributed by atoms with van der Waals surface area (Å²) >= 11 is 5.73. The molecule has 84 valence electrons. The van der Waals surface area contributed by atoms with Gasteiger partial charge in [-0.25, -0.2) is 9.97 Å². The second-order valence-corrected chi connectivity index (χ2v) is 3.53. The van der Waals surface area contributed by atoms with E-state index in [-0.39, 0.29) is 5.28 Å². The third kappa shape index (κ3) is 2.90. The highest BCUT2D eigenvalue weighted by molar-refractivity contribution is 6.28. The van der Waals surface area contributed by atoms with Gasteiger partial charge in [0.2, 0.25) is 11.7 Å². The molecule has 0 bridgehead atoms. The first-order chi connectivity index (χ1) is 7.74. The maximum Gasteiger partial charge on any atom is 0.224 e. The van der Waals surface area contributed by atoms with Crippen LogP contribution >= 0.6 is 11.6 Å². The van der Waals surface area contributed by atoms with E-state index in [2.05, 4.69) is 29.9 Å². The van der Waals surface area contributed by atoms with Crippen molar-refractivity contribution in [1.82, 2.24) is 20.1 Å². The van der Waals surface area contributed by atoms with Crippen molar-refractivity contribution in [2.24, 2.45) is 0 Å². The predicted octanol–water partition coefficient (Wildman–Crippen LogP) is 1.48. The van der Waals surface area contributed by atoms with E-state index >= 15 is 0 Å². The Balaban J connectivity index is 1.89. The van der Waals surface area contributed by atoms with E-state index in [0.29, 0.717) is 24.6 Å². The van der Waals surface area contributed by atoms with Crippen LogP contribution in [-0.4, -0.2) is 26.7 Å². The quantitative estimate of drug-likeness (QED) is 0.815. The number of hydrogen-bond donors (Lipinski definition) is 1. The molecule has 0 unspecified atom stereocenters. The molecule has 0 aromatic carbocycles. The first-order valence-corrected chi connectivity index (χ1v) is 5.12. The molecule has 7 heteroatoms. The molecule has 0 spiro atoms. The lowest BCUT2D eigenvalue weighted by Crippen LogP contribution is -2.08. The fourth-order valence-electron chi connectivity index (χ4n) is 1.23. The van der Waals surface area contributed by atoms with Gasteiger partial charge in [-0.2, -0.15) is 4.98 Å². The van der Waals surface area contributed by atoms with Crippen LogP contribution in [0.4, 0.5) is 5.82 Å². The fourth-order valence-corrected chi connectivity index (χ4v) is 1.45. The molecule has 2 aromatic rings. The lowest BCUT2D eigenvalue weighted by molar-refractivity contribution is 0.410. The number of halogens is 1. The monoisotopic (exact) mass is 239 g/mol. The van der Waals surface area contributed by atoms with Gasteiger partial charge in [-0.1, -0.05) is 5.16 Å². The van der Waals surface area contributed by atoms with Crippen molar-refractivity contribution in [3.63, 3.8) is 0 Å². The van der Waals surface area contributed by atoms with Gasteiger partial charge in [0.15, 0.2) is 5.82 Å². The third-order valence-electron chi connectivity index (χ3n) is 1.89. The number of aromatic nitrogens is 4. The third-order valence-corrected chi connectivity index (χ3v) is 2.06. The van der Waals surface area contributed by atoms with Crippen LogP contribution in [0.3, 0.4) is 0 Å². The number of nitrogens with zero attached hydrogens (tertiary/aromatic N) is 4. The maximum absolute atomic E-state index is 5.73. The molecule has 0 atom stereocenters. The maximum atomic E-state index is 5.73. The first-order valence-electron chi connectivity index (χ1n) is 4.74. The Bertz CT molecular complexity index is 439. The molecule has 0 aliphatic rings. The summed E-state index contributed by atoms with van der Waals surface area (Å²) < 4.78 is 4.62. The highest BCUT2D eigenvalue weighted by Crippen LogP contribution is 2.09. The molecule has 2 heterocycles. The zero-order valence-corrected chi connectivity index (χ0v) is 9.40. The highest BCUT2D eigenvalue weighted by Gasteiger charge is 2.01. The lowest BCUT2D eigenvalue weighted by atomic mass is 10.4. The number of hydrogen-bond acceptors (Lipinski definition) is 6. The molecule has 0 aliphatic heterocycles. The predicted molar refractivity (Wildman–Crippen MR) is 58.3 cm³/mol. The molecule has 0 saturated heterocycles. The largest absolute Gasteiger partial charge is 0.369 e. The van der Waals surface area contributed by atoms with E-state index in [1.54, 1.807) is 0 Å². The summed E-state index contributed by atoms with van der Waals surface area (Å²) in [7, 11) is 0. The number of aryl methyl sites for hydroxylation is 1. The zero-order valence-electron chi connectivity index (χ0n) is 8.64. The van der Waals surface area contributed by atoms with Crippen molar-refractivity contribution in [3.8, 4) is 0 Å². The minimum Gasteiger partial charge on any atom is -0.369 e. The molecule has 0 radical (unpaired) electrons. The molecule has 0 fully saturated rings. The minimum absolute atomic E-state index is 0.238. The molecule has 1 N–H and O–H groups in total. The number of rotatable bonds is 4. The van der Waals surface area contributed by atoms with Crippen LogP contribution in [-0.2, 0) is 6.42 Å². The van der Waals surface area contributed by atoms with Crippen molar-refractivity contribution >= 4 is 17.4 Å². The Morgan fingerprint density at radius 1 is 1.44 bits per heavy atom. The smallest absolute Gasteiger partial charge is 0.224 e. The Morgan fingerprint density at radius 3 is 3.00 bits per heavy atom. The lowest BCUT2D eigenvalue weighted by Gasteiger charge is -2.04. The fraction of sp³-hybridized carbons (Fsp3) is 0.333. The van der Waals surface area contributed by atoms with Crippen molar-refractivity contribution in [2.45, 2.75) is 13.3 Å². The zero-order chi connectivity index (χ0) is 11.4. The number of anilines is 1. The second kappa shape index (κ2) is 4.89. The van der Waals surface area contributed by atoms with Gasteiger partial charge < -0.3 is 9.84 Å². The summed E-state index contributed by atoms with van der Waals surface area (Å²) in [5.41, 5.74) is 0.821. The summed E-state index contributed by atoms with van der Waals surface area (Å²) in [6.07, 6.45) is 1.97. The second-order valence-electron chi connectivity index (χ2n) is 3.19. The van der Waals surface area contributed by atoms with Crippen LogP contribution in [0.5, 0.6) is 0 Å². The average molecular weight is 240 g/mol. The standard InChI is InChI=1S/C9H10ClN5O/c1-6-4-8(14-9(10)13-6)11-3-2-7-12-5-16-15-7/h4-5H,2-3H2,1H3,(H,11,13,14). The SMILES string of the molecule is Cc1cc(NCCc2ncon2)nc(Cl)n1. The van der Waals surface area contributed by atoms with Gasteiger partial charge in [-0.15, -0.1) is 0 Å². The van der Waals surface area contributed by atoms with Gasteiger partial charge in [-0.3, -0.25) is 0 Å². The van der Waals surface area contributed by atoms with Crippen molar-refractivity contribution in [1.29, 1.82) is 0 Å². The summed E-state index contributed by atoms with van der Waals surface area (Å²) in [5, 5.41) is 7.04. The molecule has 2 rings (SSSR count). The normalized spacial score (nSPS) is 10.4. The van der Waals surface area contributed by atoms with E-state index in [0.717, 1.165) is 5.69 Å². The Labute approximate surface area is 97.1 Å². The van der Waals surface area contributed by atoms with Gasteiger partial charge in [0.25, 0.3) is 0 Å². The molecule has 0 saturated carbocycles. The van der Waals surface area contributed by atoms with E-state index in [4.69, 9.17) is 11.6 Å². The summed E-state index contributed by atoms with van der Waals surface area (Å²) in [5.74, 6) is 1.35. The van der Waals surface area contributed by atoms with Gasteiger partial charge in [0.1, 0.15) is 5.82 Å². The van der Waals surface area contributed by atoms with E-state index in [1.165, 1.54) is 6.39 Å². The van der Waals surface area contributed by atoms with E-state index in [9.17, 15) is 0 Å². The molecule has 16 heavy (non-hydrogen) atoms. The number of nitrogens with one attached hydrogen (secondary N) is 1. The summed E-state index contributed by atoms with van der Waals surface area (Å²) in [6.45, 7) is 2.52. The van der Waals surface area contributed by atoms with Crippen molar-refractivity contribution in [3.05, 3.63) is 29.3 Å². The van der Waals surface area contributed by atoms with Crippen LogP contribution in [0, 0.1) is 6.92 Å². The minimum atomic E-state index is 0.238. The molecule has 6 nitrogen and oxygen atoms in total. The molecule has 2 aromatic heterocycles. The Hall–Kier alpha value is -1.69. The molecular formula is C9H10ClN5O. The van der Waals surface area contributed by atoms with E-state index < -0.39 is 0 Å². The topological polar surface area (TPSA) is 76.7 Å². The van der Waals surface area contributed by atoms with Gasteiger partial charge in [-0.05, 0) is 18.5 Å². The summed E-state index contributed by atoms with van der Waals surface area (Å²) in [4.78, 5) is 11.9. The molecule has 0 aliphatic carbocycles. The van der Waals surface area contributed by atoms with Crippen LogP contribution in [0.25, 0.3) is 0 Å². The molecule has 0 amide bonds. The molecular weight excluding hydrogens is 230 g/mol.